The molecule has 0 bridgehead atoms. The van der Waals surface area contributed by atoms with Gasteiger partial charge in [-0.05, 0) is 38.5 Å². The van der Waals surface area contributed by atoms with Crippen LogP contribution in [0.3, 0.4) is 0 Å². The van der Waals surface area contributed by atoms with Gasteiger partial charge in [-0.15, -0.1) is 11.6 Å². The Hall–Kier alpha value is -0.800. The van der Waals surface area contributed by atoms with E-state index in [9.17, 15) is 0 Å². The number of aryl methyl sites for hydroxylation is 1. The molecule has 0 atom stereocenters. The van der Waals surface area contributed by atoms with Crippen LogP contribution < -0.4 is 4.90 Å². The van der Waals surface area contributed by atoms with E-state index in [0.29, 0.717) is 18.5 Å². The molecule has 0 fully saturated rings. The largest absolute Gasteiger partial charge is 0.383 e. The average molecular weight is 257 g/mol. The van der Waals surface area contributed by atoms with Crippen LogP contribution in [0.15, 0.2) is 12.1 Å². The summed E-state index contributed by atoms with van der Waals surface area (Å²) in [6.07, 6.45) is 0. The molecule has 96 valence electrons. The van der Waals surface area contributed by atoms with Gasteiger partial charge in [0, 0.05) is 31.3 Å². The van der Waals surface area contributed by atoms with E-state index in [0.717, 1.165) is 23.6 Å². The molecule has 1 rings (SSSR count). The van der Waals surface area contributed by atoms with Crippen molar-refractivity contribution in [1.29, 1.82) is 0 Å². The van der Waals surface area contributed by atoms with Crippen LogP contribution in [-0.4, -0.2) is 31.3 Å². The Morgan fingerprint density at radius 3 is 2.65 bits per heavy atom. The van der Waals surface area contributed by atoms with Crippen molar-refractivity contribution in [2.75, 3.05) is 25.2 Å². The third kappa shape index (κ3) is 4.17. The van der Waals surface area contributed by atoms with E-state index in [4.69, 9.17) is 16.3 Å². The Morgan fingerprint density at radius 2 is 2.12 bits per heavy atom. The molecule has 0 spiro atoms. The Labute approximate surface area is 109 Å². The SMILES string of the molecule is COCCN(c1cc(CCl)cc(C)n1)C(C)C. The molecule has 0 radical (unpaired) electrons. The van der Waals surface area contributed by atoms with Crippen molar-refractivity contribution in [1.82, 2.24) is 4.98 Å². The lowest BCUT2D eigenvalue weighted by molar-refractivity contribution is 0.203. The predicted octanol–water partition coefficient (Wildman–Crippen LogP) is 2.99. The molecule has 0 aliphatic rings. The van der Waals surface area contributed by atoms with Crippen molar-refractivity contribution in [2.45, 2.75) is 32.7 Å². The highest BCUT2D eigenvalue weighted by molar-refractivity contribution is 6.17. The van der Waals surface area contributed by atoms with Gasteiger partial charge < -0.3 is 9.64 Å². The Kier molecular flexibility index (Phi) is 5.72. The molecule has 0 aliphatic heterocycles. The highest BCUT2D eigenvalue weighted by atomic mass is 35.5. The van der Waals surface area contributed by atoms with Crippen LogP contribution in [-0.2, 0) is 10.6 Å². The average Bonchev–Trinajstić information content (AvgIpc) is 2.28. The normalized spacial score (nSPS) is 10.9. The monoisotopic (exact) mass is 256 g/mol. The minimum atomic E-state index is 0.391. The maximum Gasteiger partial charge on any atom is 0.129 e. The van der Waals surface area contributed by atoms with Gasteiger partial charge in [-0.25, -0.2) is 4.98 Å². The van der Waals surface area contributed by atoms with E-state index in [1.165, 1.54) is 0 Å². The number of alkyl halides is 1. The summed E-state index contributed by atoms with van der Waals surface area (Å²) < 4.78 is 5.14. The fraction of sp³-hybridized carbons (Fsp3) is 0.615. The number of nitrogens with zero attached hydrogens (tertiary/aromatic N) is 2. The zero-order valence-corrected chi connectivity index (χ0v) is 11.8. The number of ether oxygens (including phenoxy) is 1. The third-order valence-electron chi connectivity index (χ3n) is 2.61. The van der Waals surface area contributed by atoms with Crippen LogP contribution >= 0.6 is 11.6 Å². The molecular formula is C13H21ClN2O. The van der Waals surface area contributed by atoms with Crippen molar-refractivity contribution in [3.05, 3.63) is 23.4 Å². The standard InChI is InChI=1S/C13H21ClN2O/c1-10(2)16(5-6-17-4)13-8-12(9-14)7-11(3)15-13/h7-8,10H,5-6,9H2,1-4H3. The second-order valence-electron chi connectivity index (χ2n) is 4.39. The molecule has 0 unspecified atom stereocenters. The summed E-state index contributed by atoms with van der Waals surface area (Å²) in [5.41, 5.74) is 2.11. The minimum absolute atomic E-state index is 0.391. The van der Waals surface area contributed by atoms with Gasteiger partial charge in [0.2, 0.25) is 0 Å². The predicted molar refractivity (Wildman–Crippen MR) is 72.9 cm³/mol. The molecule has 4 heteroatoms. The minimum Gasteiger partial charge on any atom is -0.383 e. The van der Waals surface area contributed by atoms with Crippen molar-refractivity contribution < 1.29 is 4.74 Å². The van der Waals surface area contributed by atoms with E-state index in [2.05, 4.69) is 29.8 Å². The van der Waals surface area contributed by atoms with Crippen LogP contribution in [0.4, 0.5) is 5.82 Å². The summed E-state index contributed by atoms with van der Waals surface area (Å²) in [5.74, 6) is 1.50. The third-order valence-corrected chi connectivity index (χ3v) is 2.92. The number of halogens is 1. The lowest BCUT2D eigenvalue weighted by Crippen LogP contribution is -2.34. The molecule has 1 aromatic heterocycles. The number of methoxy groups -OCH3 is 1. The van der Waals surface area contributed by atoms with Crippen LogP contribution in [0.2, 0.25) is 0 Å². The quantitative estimate of drug-likeness (QED) is 0.732. The number of anilines is 1. The molecule has 0 aliphatic carbocycles. The fourth-order valence-corrected chi connectivity index (χ4v) is 1.93. The second-order valence-corrected chi connectivity index (χ2v) is 4.66. The van der Waals surface area contributed by atoms with E-state index in [-0.39, 0.29) is 0 Å². The molecule has 0 saturated carbocycles. The number of rotatable bonds is 6. The van der Waals surface area contributed by atoms with Gasteiger partial charge in [-0.2, -0.15) is 0 Å². The van der Waals surface area contributed by atoms with Gasteiger partial charge in [-0.3, -0.25) is 0 Å². The summed E-state index contributed by atoms with van der Waals surface area (Å²) in [6, 6.07) is 4.46. The Morgan fingerprint density at radius 1 is 1.41 bits per heavy atom. The molecule has 0 saturated heterocycles. The van der Waals surface area contributed by atoms with E-state index >= 15 is 0 Å². The fourth-order valence-electron chi connectivity index (χ4n) is 1.77. The second kappa shape index (κ2) is 6.82. The Bertz CT molecular complexity index is 355. The van der Waals surface area contributed by atoms with E-state index in [1.807, 2.05) is 13.0 Å². The van der Waals surface area contributed by atoms with Gasteiger partial charge in [-0.1, -0.05) is 0 Å². The topological polar surface area (TPSA) is 25.4 Å². The first-order chi connectivity index (χ1) is 8.08. The molecular weight excluding hydrogens is 236 g/mol. The summed E-state index contributed by atoms with van der Waals surface area (Å²) >= 11 is 5.89. The summed E-state index contributed by atoms with van der Waals surface area (Å²) in [6.45, 7) is 7.84. The number of hydrogen-bond donors (Lipinski definition) is 0. The summed E-state index contributed by atoms with van der Waals surface area (Å²) in [4.78, 5) is 6.80. The lowest BCUT2D eigenvalue weighted by Gasteiger charge is -2.28. The summed E-state index contributed by atoms with van der Waals surface area (Å²) in [7, 11) is 1.71. The zero-order valence-electron chi connectivity index (χ0n) is 11.0. The zero-order chi connectivity index (χ0) is 12.8. The molecule has 3 nitrogen and oxygen atoms in total. The van der Waals surface area contributed by atoms with Gasteiger partial charge >= 0.3 is 0 Å². The molecule has 0 amide bonds. The maximum absolute atomic E-state index is 5.89. The first-order valence-electron chi connectivity index (χ1n) is 5.87. The van der Waals surface area contributed by atoms with Crippen LogP contribution in [0.5, 0.6) is 0 Å². The number of hydrogen-bond acceptors (Lipinski definition) is 3. The van der Waals surface area contributed by atoms with Crippen molar-refractivity contribution >= 4 is 17.4 Å². The smallest absolute Gasteiger partial charge is 0.129 e. The van der Waals surface area contributed by atoms with Crippen molar-refractivity contribution in [3.63, 3.8) is 0 Å². The molecule has 17 heavy (non-hydrogen) atoms. The highest BCUT2D eigenvalue weighted by Crippen LogP contribution is 2.18. The van der Waals surface area contributed by atoms with Gasteiger partial charge in [0.15, 0.2) is 0 Å². The molecule has 1 heterocycles. The van der Waals surface area contributed by atoms with Crippen LogP contribution in [0.25, 0.3) is 0 Å². The van der Waals surface area contributed by atoms with Gasteiger partial charge in [0.1, 0.15) is 5.82 Å². The number of pyridine rings is 1. The first-order valence-corrected chi connectivity index (χ1v) is 6.41. The van der Waals surface area contributed by atoms with Gasteiger partial charge in [0.05, 0.1) is 6.61 Å². The molecule has 1 aromatic rings. The highest BCUT2D eigenvalue weighted by Gasteiger charge is 2.12. The lowest BCUT2D eigenvalue weighted by atomic mass is 10.2. The van der Waals surface area contributed by atoms with Crippen LogP contribution in [0.1, 0.15) is 25.1 Å². The van der Waals surface area contributed by atoms with Crippen molar-refractivity contribution in [2.24, 2.45) is 0 Å². The molecule has 0 aromatic carbocycles. The summed E-state index contributed by atoms with van der Waals surface area (Å²) in [5, 5.41) is 0. The van der Waals surface area contributed by atoms with E-state index < -0.39 is 0 Å². The molecule has 0 N–H and O–H groups in total. The van der Waals surface area contributed by atoms with Gasteiger partial charge in [0.25, 0.3) is 0 Å². The van der Waals surface area contributed by atoms with Crippen LogP contribution in [0, 0.1) is 6.92 Å². The van der Waals surface area contributed by atoms with E-state index in [1.54, 1.807) is 7.11 Å². The Balaban J connectivity index is 2.96. The maximum atomic E-state index is 5.89. The van der Waals surface area contributed by atoms with Crippen molar-refractivity contribution in [3.8, 4) is 0 Å². The first kappa shape index (κ1) is 14.3. The number of aromatic nitrogens is 1.